The third-order valence-electron chi connectivity index (χ3n) is 4.64. The number of methoxy groups -OCH3 is 1. The van der Waals surface area contributed by atoms with Gasteiger partial charge in [-0.1, -0.05) is 29.8 Å². The van der Waals surface area contributed by atoms with E-state index in [1.165, 1.54) is 18.4 Å². The second-order valence-corrected chi connectivity index (χ2v) is 7.67. The number of benzene rings is 1. The molecular formula is C19H21ClN2O3S. The van der Waals surface area contributed by atoms with Crippen LogP contribution in [0.4, 0.5) is 0 Å². The van der Waals surface area contributed by atoms with Gasteiger partial charge in [-0.15, -0.1) is 11.3 Å². The van der Waals surface area contributed by atoms with Crippen LogP contribution in [0.15, 0.2) is 29.6 Å². The largest absolute Gasteiger partial charge is 0.469 e. The van der Waals surface area contributed by atoms with E-state index >= 15 is 0 Å². The van der Waals surface area contributed by atoms with Gasteiger partial charge in [0.25, 0.3) is 0 Å². The molecule has 2 heterocycles. The molecule has 1 saturated heterocycles. The highest BCUT2D eigenvalue weighted by atomic mass is 35.5. The number of rotatable bonds is 5. The molecule has 7 heteroatoms. The molecule has 1 fully saturated rings. The summed E-state index contributed by atoms with van der Waals surface area (Å²) in [5.74, 6) is 0.208. The van der Waals surface area contributed by atoms with Gasteiger partial charge in [0.15, 0.2) is 0 Å². The van der Waals surface area contributed by atoms with Crippen molar-refractivity contribution in [3.8, 4) is 10.6 Å². The van der Waals surface area contributed by atoms with Crippen LogP contribution in [0, 0.1) is 5.92 Å². The molecule has 1 amide bonds. The number of thiazole rings is 1. The molecule has 0 unspecified atom stereocenters. The standard InChI is InChI=1S/C19H21ClN2O3S/c1-25-18(24)10-13-6-8-22(9-7-13)17(23)11-14-12-26-19(21-14)15-4-2-3-5-16(15)20/h2-5,12-13H,6-11H2,1H3. The van der Waals surface area contributed by atoms with Gasteiger partial charge in [-0.25, -0.2) is 4.98 Å². The Bertz CT molecular complexity index is 785. The summed E-state index contributed by atoms with van der Waals surface area (Å²) in [6.07, 6.45) is 2.40. The monoisotopic (exact) mass is 392 g/mol. The number of aromatic nitrogens is 1. The van der Waals surface area contributed by atoms with Crippen LogP contribution in [-0.4, -0.2) is 42.0 Å². The van der Waals surface area contributed by atoms with E-state index in [9.17, 15) is 9.59 Å². The first-order valence-corrected chi connectivity index (χ1v) is 9.86. The van der Waals surface area contributed by atoms with Crippen molar-refractivity contribution in [3.05, 3.63) is 40.4 Å². The van der Waals surface area contributed by atoms with E-state index in [2.05, 4.69) is 4.98 Å². The quantitative estimate of drug-likeness (QED) is 0.726. The predicted octanol–water partition coefficient (Wildman–Crippen LogP) is 3.81. The highest BCUT2D eigenvalue weighted by molar-refractivity contribution is 7.13. The summed E-state index contributed by atoms with van der Waals surface area (Å²) in [6.45, 7) is 1.37. The fourth-order valence-corrected chi connectivity index (χ4v) is 4.26. The van der Waals surface area contributed by atoms with Crippen molar-refractivity contribution in [3.63, 3.8) is 0 Å². The molecule has 1 aliphatic rings. The second-order valence-electron chi connectivity index (χ2n) is 6.41. The Morgan fingerprint density at radius 2 is 2.04 bits per heavy atom. The summed E-state index contributed by atoms with van der Waals surface area (Å²) >= 11 is 7.71. The molecule has 0 atom stereocenters. The fraction of sp³-hybridized carbons (Fsp3) is 0.421. The van der Waals surface area contributed by atoms with Gasteiger partial charge in [0.2, 0.25) is 5.91 Å². The zero-order valence-electron chi connectivity index (χ0n) is 14.6. The third kappa shape index (κ3) is 4.62. The number of halogens is 1. The van der Waals surface area contributed by atoms with Crippen LogP contribution in [0.2, 0.25) is 5.02 Å². The summed E-state index contributed by atoms with van der Waals surface area (Å²) in [4.78, 5) is 30.3. The smallest absolute Gasteiger partial charge is 0.305 e. The van der Waals surface area contributed by atoms with Crippen molar-refractivity contribution in [1.29, 1.82) is 0 Å². The van der Waals surface area contributed by atoms with Crippen LogP contribution in [0.3, 0.4) is 0 Å². The van der Waals surface area contributed by atoms with E-state index in [1.807, 2.05) is 34.5 Å². The lowest BCUT2D eigenvalue weighted by molar-refractivity contribution is -0.142. The van der Waals surface area contributed by atoms with E-state index in [1.54, 1.807) is 0 Å². The molecule has 0 saturated carbocycles. The van der Waals surface area contributed by atoms with E-state index in [4.69, 9.17) is 16.3 Å². The maximum Gasteiger partial charge on any atom is 0.305 e. The number of carbonyl (C=O) groups is 2. The van der Waals surface area contributed by atoms with Crippen molar-refractivity contribution in [2.24, 2.45) is 5.92 Å². The summed E-state index contributed by atoms with van der Waals surface area (Å²) in [6, 6.07) is 7.57. The minimum atomic E-state index is -0.177. The van der Waals surface area contributed by atoms with Gasteiger partial charge < -0.3 is 9.64 Å². The van der Waals surface area contributed by atoms with Crippen molar-refractivity contribution < 1.29 is 14.3 Å². The number of ether oxygens (including phenoxy) is 1. The van der Waals surface area contributed by atoms with E-state index < -0.39 is 0 Å². The van der Waals surface area contributed by atoms with Crippen molar-refractivity contribution in [2.75, 3.05) is 20.2 Å². The van der Waals surface area contributed by atoms with Gasteiger partial charge in [-0.05, 0) is 24.8 Å². The Morgan fingerprint density at radius 3 is 2.73 bits per heavy atom. The van der Waals surface area contributed by atoms with Crippen LogP contribution in [0.1, 0.15) is 25.0 Å². The molecule has 0 spiro atoms. The molecule has 0 radical (unpaired) electrons. The van der Waals surface area contributed by atoms with Gasteiger partial charge in [0.05, 0.1) is 24.2 Å². The van der Waals surface area contributed by atoms with E-state index in [-0.39, 0.29) is 11.9 Å². The highest BCUT2D eigenvalue weighted by Gasteiger charge is 2.25. The summed E-state index contributed by atoms with van der Waals surface area (Å²) in [5.41, 5.74) is 1.66. The zero-order valence-corrected chi connectivity index (χ0v) is 16.2. The summed E-state index contributed by atoms with van der Waals surface area (Å²) < 4.78 is 4.72. The van der Waals surface area contributed by atoms with Gasteiger partial charge in [-0.3, -0.25) is 9.59 Å². The van der Waals surface area contributed by atoms with Crippen LogP contribution in [0.25, 0.3) is 10.6 Å². The molecule has 26 heavy (non-hydrogen) atoms. The normalized spacial score (nSPS) is 15.1. The number of likely N-dealkylation sites (tertiary alicyclic amines) is 1. The minimum Gasteiger partial charge on any atom is -0.469 e. The maximum absolute atomic E-state index is 12.5. The van der Waals surface area contributed by atoms with Crippen molar-refractivity contribution >= 4 is 34.8 Å². The third-order valence-corrected chi connectivity index (χ3v) is 5.89. The molecule has 3 rings (SSSR count). The topological polar surface area (TPSA) is 59.5 Å². The molecule has 1 aromatic heterocycles. The molecule has 138 valence electrons. The van der Waals surface area contributed by atoms with E-state index in [0.717, 1.165) is 29.1 Å². The number of nitrogens with zero attached hydrogens (tertiary/aromatic N) is 2. The van der Waals surface area contributed by atoms with E-state index in [0.29, 0.717) is 36.9 Å². The average molecular weight is 393 g/mol. The predicted molar refractivity (Wildman–Crippen MR) is 102 cm³/mol. The molecule has 0 bridgehead atoms. The Kier molecular flexibility index (Phi) is 6.27. The molecule has 0 aliphatic carbocycles. The van der Waals surface area contributed by atoms with Crippen LogP contribution in [-0.2, 0) is 20.7 Å². The Labute approximate surface area is 161 Å². The molecule has 2 aromatic rings. The number of piperidine rings is 1. The Hall–Kier alpha value is -1.92. The lowest BCUT2D eigenvalue weighted by Gasteiger charge is -2.31. The second kappa shape index (κ2) is 8.64. The lowest BCUT2D eigenvalue weighted by atomic mass is 9.93. The van der Waals surface area contributed by atoms with Gasteiger partial charge in [0.1, 0.15) is 5.01 Å². The first kappa shape index (κ1) is 18.9. The fourth-order valence-electron chi connectivity index (χ4n) is 3.12. The maximum atomic E-state index is 12.5. The van der Waals surface area contributed by atoms with Crippen LogP contribution >= 0.6 is 22.9 Å². The average Bonchev–Trinajstić information content (AvgIpc) is 3.10. The van der Waals surface area contributed by atoms with Crippen LogP contribution in [0.5, 0.6) is 0 Å². The molecule has 1 aromatic carbocycles. The first-order valence-electron chi connectivity index (χ1n) is 8.60. The summed E-state index contributed by atoms with van der Waals surface area (Å²) in [5, 5.41) is 3.41. The van der Waals surface area contributed by atoms with Gasteiger partial charge in [0, 0.05) is 30.5 Å². The Morgan fingerprint density at radius 1 is 1.31 bits per heavy atom. The van der Waals surface area contributed by atoms with Crippen LogP contribution < -0.4 is 0 Å². The number of hydrogen-bond donors (Lipinski definition) is 0. The molecular weight excluding hydrogens is 372 g/mol. The molecule has 1 aliphatic heterocycles. The summed E-state index contributed by atoms with van der Waals surface area (Å²) in [7, 11) is 1.41. The van der Waals surface area contributed by atoms with Gasteiger partial charge in [-0.2, -0.15) is 0 Å². The van der Waals surface area contributed by atoms with Gasteiger partial charge >= 0.3 is 5.97 Å². The number of carbonyl (C=O) groups excluding carboxylic acids is 2. The molecule has 5 nitrogen and oxygen atoms in total. The van der Waals surface area contributed by atoms with Crippen molar-refractivity contribution in [1.82, 2.24) is 9.88 Å². The minimum absolute atomic E-state index is 0.0810. The Balaban J connectivity index is 1.55. The SMILES string of the molecule is COC(=O)CC1CCN(C(=O)Cc2csc(-c3ccccc3Cl)n2)CC1. The van der Waals surface area contributed by atoms with Crippen molar-refractivity contribution in [2.45, 2.75) is 25.7 Å². The first-order chi connectivity index (χ1) is 12.6. The number of hydrogen-bond acceptors (Lipinski definition) is 5. The lowest BCUT2D eigenvalue weighted by Crippen LogP contribution is -2.39. The number of amides is 1. The number of esters is 1. The molecule has 0 N–H and O–H groups in total. The highest BCUT2D eigenvalue weighted by Crippen LogP contribution is 2.30. The zero-order chi connectivity index (χ0) is 18.5.